The first kappa shape index (κ1) is 25.7. The van der Waals surface area contributed by atoms with Gasteiger partial charge in [-0.3, -0.25) is 9.59 Å². The van der Waals surface area contributed by atoms with Crippen LogP contribution in [0.1, 0.15) is 106 Å². The monoisotopic (exact) mass is 488 g/mol. The molecule has 1 spiro atoms. The Labute approximate surface area is 212 Å². The molecule has 198 valence electrons. The summed E-state index contributed by atoms with van der Waals surface area (Å²) in [5.74, 6) is 2.87. The largest absolute Gasteiger partial charge is 0.462 e. The van der Waals surface area contributed by atoms with Gasteiger partial charge in [0.05, 0.1) is 17.6 Å². The number of ether oxygens (including phenoxy) is 2. The van der Waals surface area contributed by atoms with Crippen LogP contribution >= 0.6 is 0 Å². The van der Waals surface area contributed by atoms with Crippen LogP contribution < -0.4 is 0 Å². The van der Waals surface area contributed by atoms with Gasteiger partial charge in [-0.25, -0.2) is 0 Å². The summed E-state index contributed by atoms with van der Waals surface area (Å²) in [5.41, 5.74) is -2.05. The van der Waals surface area contributed by atoms with Gasteiger partial charge >= 0.3 is 5.97 Å². The van der Waals surface area contributed by atoms with Crippen molar-refractivity contribution in [3.8, 4) is 0 Å². The van der Waals surface area contributed by atoms with E-state index in [1.807, 2.05) is 0 Å². The topological polar surface area (TPSA) is 76.1 Å². The standard InChI is InChI=1S/C30H48O5/c1-17(2)18(3)8-9-19(4)22-10-11-23-26-24(32)15-29(33)14-21(34-20(5)31)12-13-28(29,7)30(26)25(35-30)16-27(22,23)6/h17-19,21-23,25-26,33H,8-16H2,1-7H3/t18-,19+,21+,22+,23-,25+,26-,27-,28+,29-,30+/m0/s1. The van der Waals surface area contributed by atoms with Crippen molar-refractivity contribution in [3.05, 3.63) is 0 Å². The van der Waals surface area contributed by atoms with Crippen molar-refractivity contribution < 1.29 is 24.2 Å². The van der Waals surface area contributed by atoms with Gasteiger partial charge in [0.25, 0.3) is 0 Å². The average Bonchev–Trinajstić information content (AvgIpc) is 3.37. The van der Waals surface area contributed by atoms with Gasteiger partial charge in [-0.1, -0.05) is 54.4 Å². The van der Waals surface area contributed by atoms with Crippen molar-refractivity contribution in [3.63, 3.8) is 0 Å². The number of carbonyl (C=O) groups excluding carboxylic acids is 2. The molecular formula is C30H48O5. The molecule has 35 heavy (non-hydrogen) atoms. The molecule has 5 fully saturated rings. The minimum absolute atomic E-state index is 0.0576. The van der Waals surface area contributed by atoms with E-state index in [-0.39, 0.29) is 41.7 Å². The fourth-order valence-corrected chi connectivity index (χ4v) is 9.74. The lowest BCUT2D eigenvalue weighted by atomic mass is 9.42. The van der Waals surface area contributed by atoms with E-state index in [0.717, 1.165) is 37.5 Å². The minimum Gasteiger partial charge on any atom is -0.462 e. The number of hydrogen-bond donors (Lipinski definition) is 1. The molecule has 5 heteroatoms. The minimum atomic E-state index is -1.17. The molecule has 4 saturated carbocycles. The van der Waals surface area contributed by atoms with Gasteiger partial charge in [0, 0.05) is 25.2 Å². The van der Waals surface area contributed by atoms with Crippen molar-refractivity contribution in [1.82, 2.24) is 0 Å². The summed E-state index contributed by atoms with van der Waals surface area (Å²) in [6.45, 7) is 15.5. The maximum absolute atomic E-state index is 13.9. The lowest BCUT2D eigenvalue weighted by Gasteiger charge is -2.61. The summed E-state index contributed by atoms with van der Waals surface area (Å²) >= 11 is 0. The number of aliphatic hydroxyl groups is 1. The molecule has 4 aliphatic carbocycles. The number of hydrogen-bond acceptors (Lipinski definition) is 5. The van der Waals surface area contributed by atoms with E-state index in [4.69, 9.17) is 9.47 Å². The molecule has 1 aliphatic heterocycles. The first-order valence-electron chi connectivity index (χ1n) is 14.4. The van der Waals surface area contributed by atoms with E-state index >= 15 is 0 Å². The van der Waals surface area contributed by atoms with Crippen LogP contribution in [0.15, 0.2) is 0 Å². The molecule has 0 bridgehead atoms. The van der Waals surface area contributed by atoms with Crippen molar-refractivity contribution in [2.75, 3.05) is 0 Å². The van der Waals surface area contributed by atoms with Gasteiger partial charge < -0.3 is 14.6 Å². The zero-order chi connectivity index (χ0) is 25.6. The number of rotatable bonds is 6. The Bertz CT molecular complexity index is 884. The van der Waals surface area contributed by atoms with Gasteiger partial charge in [-0.2, -0.15) is 0 Å². The molecule has 11 atom stereocenters. The lowest BCUT2D eigenvalue weighted by Crippen LogP contribution is -2.70. The summed E-state index contributed by atoms with van der Waals surface area (Å²) in [5, 5.41) is 12.0. The van der Waals surface area contributed by atoms with E-state index < -0.39 is 16.6 Å². The molecule has 0 aromatic heterocycles. The predicted octanol–water partition coefficient (Wildman–Crippen LogP) is 5.71. The summed E-state index contributed by atoms with van der Waals surface area (Å²) in [7, 11) is 0. The molecule has 0 aromatic carbocycles. The highest BCUT2D eigenvalue weighted by Gasteiger charge is 2.84. The zero-order valence-electron chi connectivity index (χ0n) is 23.1. The molecule has 0 amide bonds. The molecule has 0 radical (unpaired) electrons. The van der Waals surface area contributed by atoms with E-state index in [2.05, 4.69) is 41.5 Å². The number of ketones is 1. The third-order valence-electron chi connectivity index (χ3n) is 12.2. The summed E-state index contributed by atoms with van der Waals surface area (Å²) in [6.07, 6.45) is 7.57. The molecule has 5 nitrogen and oxygen atoms in total. The highest BCUT2D eigenvalue weighted by Crippen LogP contribution is 2.77. The van der Waals surface area contributed by atoms with Crippen molar-refractivity contribution in [1.29, 1.82) is 0 Å². The molecule has 0 aromatic rings. The highest BCUT2D eigenvalue weighted by atomic mass is 16.6. The van der Waals surface area contributed by atoms with Gasteiger partial charge in [0.1, 0.15) is 17.5 Å². The van der Waals surface area contributed by atoms with E-state index in [0.29, 0.717) is 24.2 Å². The fourth-order valence-electron chi connectivity index (χ4n) is 9.74. The third kappa shape index (κ3) is 3.53. The van der Waals surface area contributed by atoms with Crippen LogP contribution in [0.4, 0.5) is 0 Å². The van der Waals surface area contributed by atoms with Gasteiger partial charge in [-0.05, 0) is 67.1 Å². The van der Waals surface area contributed by atoms with Crippen LogP contribution in [0.3, 0.4) is 0 Å². The van der Waals surface area contributed by atoms with Crippen LogP contribution in [0, 0.1) is 46.3 Å². The smallest absolute Gasteiger partial charge is 0.302 e. The molecule has 1 N–H and O–H groups in total. The third-order valence-corrected chi connectivity index (χ3v) is 12.2. The Balaban J connectivity index is 1.39. The average molecular weight is 489 g/mol. The fraction of sp³-hybridized carbons (Fsp3) is 0.933. The number of epoxide rings is 1. The molecule has 5 rings (SSSR count). The Hall–Kier alpha value is -0.940. The second kappa shape index (κ2) is 8.28. The Morgan fingerprint density at radius 2 is 1.83 bits per heavy atom. The van der Waals surface area contributed by atoms with Crippen molar-refractivity contribution in [2.45, 2.75) is 130 Å². The number of esters is 1. The maximum Gasteiger partial charge on any atom is 0.302 e. The Morgan fingerprint density at radius 3 is 2.49 bits per heavy atom. The molecule has 1 heterocycles. The molecule has 5 aliphatic rings. The second-order valence-corrected chi connectivity index (χ2v) is 14.1. The number of Topliss-reactive ketones (excluding diaryl/α,β-unsaturated/α-hetero) is 1. The van der Waals surface area contributed by atoms with Crippen LogP contribution in [0.2, 0.25) is 0 Å². The van der Waals surface area contributed by atoms with Crippen LogP contribution in [0.5, 0.6) is 0 Å². The summed E-state index contributed by atoms with van der Waals surface area (Å²) in [4.78, 5) is 25.5. The first-order chi connectivity index (χ1) is 16.3. The summed E-state index contributed by atoms with van der Waals surface area (Å²) in [6, 6.07) is 0. The number of fused-ring (bicyclic) bond motifs is 3. The molecular weight excluding hydrogens is 440 g/mol. The predicted molar refractivity (Wildman–Crippen MR) is 135 cm³/mol. The highest BCUT2D eigenvalue weighted by molar-refractivity contribution is 5.87. The Kier molecular flexibility index (Phi) is 6.08. The maximum atomic E-state index is 13.9. The lowest BCUT2D eigenvalue weighted by molar-refractivity contribution is -0.217. The van der Waals surface area contributed by atoms with Gasteiger partial charge in [-0.15, -0.1) is 0 Å². The molecule has 1 saturated heterocycles. The van der Waals surface area contributed by atoms with E-state index in [1.165, 1.54) is 26.2 Å². The zero-order valence-corrected chi connectivity index (χ0v) is 23.1. The van der Waals surface area contributed by atoms with Crippen LogP contribution in [-0.2, 0) is 19.1 Å². The van der Waals surface area contributed by atoms with Crippen LogP contribution in [0.25, 0.3) is 0 Å². The Morgan fingerprint density at radius 1 is 1.11 bits per heavy atom. The van der Waals surface area contributed by atoms with Crippen molar-refractivity contribution >= 4 is 11.8 Å². The quantitative estimate of drug-likeness (QED) is 0.383. The molecule has 0 unspecified atom stereocenters. The van der Waals surface area contributed by atoms with E-state index in [1.54, 1.807) is 0 Å². The van der Waals surface area contributed by atoms with E-state index in [9.17, 15) is 14.7 Å². The van der Waals surface area contributed by atoms with Gasteiger partial charge in [0.2, 0.25) is 0 Å². The number of carbonyl (C=O) groups is 2. The second-order valence-electron chi connectivity index (χ2n) is 14.1. The van der Waals surface area contributed by atoms with Gasteiger partial charge in [0.15, 0.2) is 0 Å². The first-order valence-corrected chi connectivity index (χ1v) is 14.4. The van der Waals surface area contributed by atoms with Crippen LogP contribution in [-0.4, -0.2) is 40.3 Å². The summed E-state index contributed by atoms with van der Waals surface area (Å²) < 4.78 is 12.2. The SMILES string of the molecule is CC(=O)O[C@@H]1CC[C@]2(C)[C@@](O)(CC(=O)[C@@H]3[C@@H]4CC[C@H]([C@H](C)CC[C@H](C)C(C)C)[C@]4(C)C[C@H]4O[C@@]342)C1. The normalized spacial score (nSPS) is 50.0. The van der Waals surface area contributed by atoms with Crippen molar-refractivity contribution in [2.24, 2.45) is 46.3 Å².